The Bertz CT molecular complexity index is 636. The number of carbonyl (C=O) groups is 1. The van der Waals surface area contributed by atoms with Crippen molar-refractivity contribution in [1.82, 2.24) is 15.2 Å². The van der Waals surface area contributed by atoms with Gasteiger partial charge >= 0.3 is 0 Å². The smallest absolute Gasteiger partial charge is 0.228 e. The summed E-state index contributed by atoms with van der Waals surface area (Å²) in [5.74, 6) is 2.05. The molecule has 0 radical (unpaired) electrons. The van der Waals surface area contributed by atoms with Crippen LogP contribution < -0.4 is 5.32 Å². The van der Waals surface area contributed by atoms with Crippen molar-refractivity contribution in [3.05, 3.63) is 28.3 Å². The van der Waals surface area contributed by atoms with E-state index in [2.05, 4.69) is 10.3 Å². The minimum absolute atomic E-state index is 0.145. The summed E-state index contributed by atoms with van der Waals surface area (Å²) in [5, 5.41) is 7.17. The van der Waals surface area contributed by atoms with Crippen molar-refractivity contribution >= 4 is 17.2 Å². The van der Waals surface area contributed by atoms with Crippen molar-refractivity contribution in [1.29, 1.82) is 0 Å². The Hall–Kier alpha value is -1.66. The lowest BCUT2D eigenvalue weighted by atomic mass is 10.1. The van der Waals surface area contributed by atoms with Gasteiger partial charge in [0.2, 0.25) is 11.8 Å². The topological polar surface area (TPSA) is 58.4 Å². The monoisotopic (exact) mass is 319 g/mol. The highest BCUT2D eigenvalue weighted by atomic mass is 32.1. The number of oxazole rings is 1. The SMILES string of the molecule is CNCC1CCN(C(=O)Cc2nc(-c3ccsc3)oc2C)C1. The van der Waals surface area contributed by atoms with Crippen molar-refractivity contribution in [3.63, 3.8) is 0 Å². The van der Waals surface area contributed by atoms with Crippen LogP contribution >= 0.6 is 11.3 Å². The first kappa shape index (κ1) is 15.2. The highest BCUT2D eigenvalue weighted by Crippen LogP contribution is 2.25. The molecule has 1 saturated heterocycles. The predicted molar refractivity (Wildman–Crippen MR) is 86.9 cm³/mol. The summed E-state index contributed by atoms with van der Waals surface area (Å²) < 4.78 is 5.70. The minimum atomic E-state index is 0.145. The third kappa shape index (κ3) is 3.23. The maximum Gasteiger partial charge on any atom is 0.228 e. The predicted octanol–water partition coefficient (Wildman–Crippen LogP) is 2.32. The van der Waals surface area contributed by atoms with Gasteiger partial charge in [-0.1, -0.05) is 0 Å². The van der Waals surface area contributed by atoms with Gasteiger partial charge in [-0.05, 0) is 44.3 Å². The molecule has 2 aromatic rings. The summed E-state index contributed by atoms with van der Waals surface area (Å²) in [6.07, 6.45) is 1.40. The maximum atomic E-state index is 12.4. The van der Waals surface area contributed by atoms with Gasteiger partial charge in [-0.15, -0.1) is 0 Å². The van der Waals surface area contributed by atoms with E-state index in [9.17, 15) is 4.79 Å². The quantitative estimate of drug-likeness (QED) is 0.919. The van der Waals surface area contributed by atoms with Crippen LogP contribution in [0.5, 0.6) is 0 Å². The van der Waals surface area contributed by atoms with Gasteiger partial charge in [-0.2, -0.15) is 11.3 Å². The normalized spacial score (nSPS) is 18.1. The first-order valence-electron chi connectivity index (χ1n) is 7.58. The second kappa shape index (κ2) is 6.62. The molecule has 2 aromatic heterocycles. The first-order valence-corrected chi connectivity index (χ1v) is 8.53. The van der Waals surface area contributed by atoms with Gasteiger partial charge in [0.15, 0.2) is 0 Å². The van der Waals surface area contributed by atoms with E-state index in [0.29, 0.717) is 18.2 Å². The van der Waals surface area contributed by atoms with E-state index < -0.39 is 0 Å². The second-order valence-corrected chi connectivity index (χ2v) is 6.54. The molecule has 0 aliphatic carbocycles. The van der Waals surface area contributed by atoms with Gasteiger partial charge in [0.25, 0.3) is 0 Å². The van der Waals surface area contributed by atoms with Crippen molar-refractivity contribution in [2.75, 3.05) is 26.7 Å². The van der Waals surface area contributed by atoms with Crippen molar-refractivity contribution < 1.29 is 9.21 Å². The highest BCUT2D eigenvalue weighted by molar-refractivity contribution is 7.08. The van der Waals surface area contributed by atoms with Crippen LogP contribution in [0, 0.1) is 12.8 Å². The number of hydrogen-bond donors (Lipinski definition) is 1. The number of likely N-dealkylation sites (tertiary alicyclic amines) is 1. The molecule has 1 aliphatic rings. The Kier molecular flexibility index (Phi) is 4.59. The van der Waals surface area contributed by atoms with Crippen LogP contribution in [0.2, 0.25) is 0 Å². The molecule has 118 valence electrons. The second-order valence-electron chi connectivity index (χ2n) is 5.76. The zero-order valence-electron chi connectivity index (χ0n) is 13.0. The van der Waals surface area contributed by atoms with Gasteiger partial charge in [0.1, 0.15) is 5.76 Å². The van der Waals surface area contributed by atoms with Crippen LogP contribution in [0.15, 0.2) is 21.2 Å². The summed E-state index contributed by atoms with van der Waals surface area (Å²) in [4.78, 5) is 18.9. The number of amides is 1. The zero-order chi connectivity index (χ0) is 15.5. The van der Waals surface area contributed by atoms with E-state index in [-0.39, 0.29) is 5.91 Å². The molecule has 0 bridgehead atoms. The fraction of sp³-hybridized carbons (Fsp3) is 0.500. The molecule has 1 N–H and O–H groups in total. The van der Waals surface area contributed by atoms with E-state index in [4.69, 9.17) is 4.42 Å². The van der Waals surface area contributed by atoms with Gasteiger partial charge in [-0.3, -0.25) is 4.79 Å². The molecule has 3 rings (SSSR count). The van der Waals surface area contributed by atoms with Crippen molar-refractivity contribution in [2.45, 2.75) is 19.8 Å². The fourth-order valence-electron chi connectivity index (χ4n) is 2.87. The molecule has 0 aromatic carbocycles. The number of nitrogens with zero attached hydrogens (tertiary/aromatic N) is 2. The van der Waals surface area contributed by atoms with Crippen LogP contribution in [-0.4, -0.2) is 42.5 Å². The van der Waals surface area contributed by atoms with E-state index in [1.807, 2.05) is 35.7 Å². The molecule has 5 nitrogen and oxygen atoms in total. The molecule has 1 fully saturated rings. The lowest BCUT2D eigenvalue weighted by Crippen LogP contribution is -2.31. The molecule has 1 aliphatic heterocycles. The Balaban J connectivity index is 1.65. The van der Waals surface area contributed by atoms with Crippen LogP contribution in [0.1, 0.15) is 17.9 Å². The number of hydrogen-bond acceptors (Lipinski definition) is 5. The molecule has 1 amide bonds. The Morgan fingerprint density at radius 3 is 3.18 bits per heavy atom. The Morgan fingerprint density at radius 1 is 1.59 bits per heavy atom. The molecule has 6 heteroatoms. The van der Waals surface area contributed by atoms with E-state index in [0.717, 1.165) is 43.1 Å². The first-order chi connectivity index (χ1) is 10.7. The maximum absolute atomic E-state index is 12.4. The van der Waals surface area contributed by atoms with Gasteiger partial charge in [0.05, 0.1) is 12.1 Å². The molecular formula is C16H21N3O2S. The van der Waals surface area contributed by atoms with Gasteiger partial charge in [-0.25, -0.2) is 4.98 Å². The fourth-order valence-corrected chi connectivity index (χ4v) is 3.50. The van der Waals surface area contributed by atoms with Crippen molar-refractivity contribution in [2.24, 2.45) is 5.92 Å². The molecule has 3 heterocycles. The number of aromatic nitrogens is 1. The van der Waals surface area contributed by atoms with Gasteiger partial charge < -0.3 is 14.6 Å². The molecular weight excluding hydrogens is 298 g/mol. The summed E-state index contributed by atoms with van der Waals surface area (Å²) in [5.41, 5.74) is 1.73. The van der Waals surface area contributed by atoms with Gasteiger partial charge in [0, 0.05) is 24.0 Å². The summed E-state index contributed by atoms with van der Waals surface area (Å²) >= 11 is 1.61. The average Bonchev–Trinajstić information content (AvgIpc) is 3.21. The largest absolute Gasteiger partial charge is 0.441 e. The Morgan fingerprint density at radius 2 is 2.45 bits per heavy atom. The number of thiophene rings is 1. The van der Waals surface area contributed by atoms with Crippen LogP contribution in [-0.2, 0) is 11.2 Å². The van der Waals surface area contributed by atoms with E-state index in [1.54, 1.807) is 11.3 Å². The lowest BCUT2D eigenvalue weighted by molar-refractivity contribution is -0.129. The van der Waals surface area contributed by atoms with E-state index >= 15 is 0 Å². The number of carbonyl (C=O) groups excluding carboxylic acids is 1. The summed E-state index contributed by atoms with van der Waals surface area (Å²) in [6, 6.07) is 1.98. The summed E-state index contributed by atoms with van der Waals surface area (Å²) in [7, 11) is 1.95. The zero-order valence-corrected chi connectivity index (χ0v) is 13.8. The minimum Gasteiger partial charge on any atom is -0.441 e. The van der Waals surface area contributed by atoms with E-state index in [1.165, 1.54) is 0 Å². The third-order valence-electron chi connectivity index (χ3n) is 4.11. The number of nitrogens with one attached hydrogen (secondary N) is 1. The van der Waals surface area contributed by atoms with Crippen LogP contribution in [0.4, 0.5) is 0 Å². The van der Waals surface area contributed by atoms with Crippen LogP contribution in [0.3, 0.4) is 0 Å². The van der Waals surface area contributed by atoms with Crippen LogP contribution in [0.25, 0.3) is 11.5 Å². The molecule has 0 spiro atoms. The highest BCUT2D eigenvalue weighted by Gasteiger charge is 2.27. The molecule has 1 unspecified atom stereocenters. The third-order valence-corrected chi connectivity index (χ3v) is 4.79. The average molecular weight is 319 g/mol. The number of rotatable bonds is 5. The lowest BCUT2D eigenvalue weighted by Gasteiger charge is -2.16. The van der Waals surface area contributed by atoms with Crippen molar-refractivity contribution in [3.8, 4) is 11.5 Å². The molecule has 1 atom stereocenters. The Labute approximate surface area is 134 Å². The number of aryl methyl sites for hydroxylation is 1. The molecule has 0 saturated carbocycles. The molecule has 22 heavy (non-hydrogen) atoms. The standard InChI is InChI=1S/C16H21N3O2S/c1-11-14(18-16(21-11)13-4-6-22-10-13)7-15(20)19-5-3-12(9-19)8-17-2/h4,6,10,12,17H,3,5,7-9H2,1-2H3. The summed E-state index contributed by atoms with van der Waals surface area (Å²) in [6.45, 7) is 4.53.